The van der Waals surface area contributed by atoms with Gasteiger partial charge in [0.2, 0.25) is 5.91 Å². The van der Waals surface area contributed by atoms with Gasteiger partial charge in [0.15, 0.2) is 11.5 Å². The highest BCUT2D eigenvalue weighted by molar-refractivity contribution is 6.31. The third-order valence-electron chi connectivity index (χ3n) is 6.13. The topological polar surface area (TPSA) is 51.2 Å². The van der Waals surface area contributed by atoms with Crippen LogP contribution in [0.15, 0.2) is 54.6 Å². The molecule has 0 aromatic heterocycles. The van der Waals surface area contributed by atoms with Crippen molar-refractivity contribution in [3.05, 3.63) is 81.3 Å². The molecule has 1 unspecified atom stereocenters. The van der Waals surface area contributed by atoms with Gasteiger partial charge >= 0.3 is 0 Å². The minimum absolute atomic E-state index is 0.0706. The lowest BCUT2D eigenvalue weighted by atomic mass is 9.86. The van der Waals surface area contributed by atoms with E-state index in [0.29, 0.717) is 52.8 Å². The van der Waals surface area contributed by atoms with E-state index in [9.17, 15) is 4.79 Å². The summed E-state index contributed by atoms with van der Waals surface area (Å²) in [6.45, 7) is 6.05. The number of halogens is 2. The summed E-state index contributed by atoms with van der Waals surface area (Å²) < 4.78 is 17.9. The molecule has 8 heteroatoms. The molecule has 37 heavy (non-hydrogen) atoms. The molecule has 0 saturated carbocycles. The third kappa shape index (κ3) is 6.15. The van der Waals surface area contributed by atoms with Crippen LogP contribution in [0.5, 0.6) is 17.2 Å². The van der Waals surface area contributed by atoms with E-state index in [1.54, 1.807) is 17.0 Å². The molecule has 1 aliphatic heterocycles. The number of rotatable bonds is 10. The molecule has 0 aliphatic carbocycles. The third-order valence-corrected chi connectivity index (χ3v) is 6.62. The molecule has 3 aromatic rings. The van der Waals surface area contributed by atoms with E-state index in [1.807, 2.05) is 75.3 Å². The zero-order valence-electron chi connectivity index (χ0n) is 21.6. The maximum absolute atomic E-state index is 13.9. The SMILES string of the molecule is CCOc1cc2c(cc1OCC)C(c1ccc(Cl)cc1)N(c1cc(Cl)ccc1OCCN(C)C)C(=O)C2. The normalized spacial score (nSPS) is 15.1. The molecule has 196 valence electrons. The molecule has 3 aromatic carbocycles. The van der Waals surface area contributed by atoms with Crippen LogP contribution >= 0.6 is 23.2 Å². The van der Waals surface area contributed by atoms with E-state index < -0.39 is 6.04 Å². The van der Waals surface area contributed by atoms with Gasteiger partial charge in [-0.1, -0.05) is 35.3 Å². The van der Waals surface area contributed by atoms with E-state index in [2.05, 4.69) is 0 Å². The van der Waals surface area contributed by atoms with Crippen molar-refractivity contribution in [1.82, 2.24) is 4.90 Å². The van der Waals surface area contributed by atoms with Gasteiger partial charge < -0.3 is 19.1 Å². The summed E-state index contributed by atoms with van der Waals surface area (Å²) in [6, 6.07) is 16.4. The summed E-state index contributed by atoms with van der Waals surface area (Å²) in [5, 5.41) is 1.14. The number of amides is 1. The zero-order valence-corrected chi connectivity index (χ0v) is 23.1. The molecule has 6 nitrogen and oxygen atoms in total. The van der Waals surface area contributed by atoms with Gasteiger partial charge in [-0.15, -0.1) is 0 Å². The molecule has 1 aliphatic rings. The van der Waals surface area contributed by atoms with Crippen LogP contribution in [-0.2, 0) is 11.2 Å². The minimum atomic E-state index is -0.446. The second-order valence-corrected chi connectivity index (χ2v) is 9.90. The Morgan fingerprint density at radius 3 is 2.16 bits per heavy atom. The number of carbonyl (C=O) groups excluding carboxylic acids is 1. The van der Waals surface area contributed by atoms with Gasteiger partial charge in [0.25, 0.3) is 0 Å². The first kappa shape index (κ1) is 27.1. The van der Waals surface area contributed by atoms with Crippen LogP contribution in [-0.4, -0.2) is 51.3 Å². The molecule has 0 spiro atoms. The highest BCUT2D eigenvalue weighted by Gasteiger charge is 2.37. The number of hydrogen-bond donors (Lipinski definition) is 0. The van der Waals surface area contributed by atoms with Crippen molar-refractivity contribution in [2.75, 3.05) is 45.4 Å². The highest BCUT2D eigenvalue weighted by Crippen LogP contribution is 2.46. The predicted octanol–water partition coefficient (Wildman–Crippen LogP) is 6.41. The van der Waals surface area contributed by atoms with Crippen molar-refractivity contribution < 1.29 is 19.0 Å². The second-order valence-electron chi connectivity index (χ2n) is 9.02. The van der Waals surface area contributed by atoms with Crippen LogP contribution in [0.4, 0.5) is 5.69 Å². The average molecular weight is 543 g/mol. The number of likely N-dealkylation sites (N-methyl/N-ethyl adjacent to an activating group) is 1. The fraction of sp³-hybridized carbons (Fsp3) is 0.345. The van der Waals surface area contributed by atoms with E-state index in [1.165, 1.54) is 0 Å². The lowest BCUT2D eigenvalue weighted by Crippen LogP contribution is -2.41. The number of carbonyl (C=O) groups is 1. The van der Waals surface area contributed by atoms with Crippen LogP contribution < -0.4 is 19.1 Å². The van der Waals surface area contributed by atoms with Gasteiger partial charge in [-0.3, -0.25) is 9.69 Å². The molecule has 0 radical (unpaired) electrons. The summed E-state index contributed by atoms with van der Waals surface area (Å²) in [4.78, 5) is 17.7. The number of benzene rings is 3. The molecule has 1 atom stereocenters. The lowest BCUT2D eigenvalue weighted by Gasteiger charge is -2.39. The van der Waals surface area contributed by atoms with Crippen molar-refractivity contribution in [3.8, 4) is 17.2 Å². The average Bonchev–Trinajstić information content (AvgIpc) is 2.85. The Balaban J connectivity index is 1.89. The van der Waals surface area contributed by atoms with Crippen LogP contribution in [0.1, 0.15) is 36.6 Å². The van der Waals surface area contributed by atoms with Crippen LogP contribution in [0, 0.1) is 0 Å². The number of ether oxygens (including phenoxy) is 3. The molecule has 1 heterocycles. The molecular weight excluding hydrogens is 511 g/mol. The monoisotopic (exact) mass is 542 g/mol. The maximum Gasteiger partial charge on any atom is 0.232 e. The fourth-order valence-electron chi connectivity index (χ4n) is 4.48. The summed E-state index contributed by atoms with van der Waals surface area (Å²) in [5.41, 5.74) is 3.37. The van der Waals surface area contributed by atoms with Gasteiger partial charge in [-0.05, 0) is 87.1 Å². The molecule has 0 N–H and O–H groups in total. The van der Waals surface area contributed by atoms with Gasteiger partial charge in [0, 0.05) is 16.6 Å². The Morgan fingerprint density at radius 1 is 0.865 bits per heavy atom. The molecule has 0 saturated heterocycles. The lowest BCUT2D eigenvalue weighted by molar-refractivity contribution is -0.118. The molecule has 0 bridgehead atoms. The molecule has 1 amide bonds. The summed E-state index contributed by atoms with van der Waals surface area (Å²) >= 11 is 12.7. The first-order chi connectivity index (χ1) is 17.8. The summed E-state index contributed by atoms with van der Waals surface area (Å²) in [7, 11) is 3.97. The molecule has 0 fully saturated rings. The van der Waals surface area contributed by atoms with E-state index in [0.717, 1.165) is 23.2 Å². The van der Waals surface area contributed by atoms with E-state index >= 15 is 0 Å². The van der Waals surface area contributed by atoms with E-state index in [4.69, 9.17) is 37.4 Å². The van der Waals surface area contributed by atoms with Crippen LogP contribution in [0.2, 0.25) is 10.0 Å². The quantitative estimate of drug-likeness (QED) is 0.296. The van der Waals surface area contributed by atoms with E-state index in [-0.39, 0.29) is 12.3 Å². The first-order valence-electron chi connectivity index (χ1n) is 12.4. The minimum Gasteiger partial charge on any atom is -0.490 e. The number of anilines is 1. The molecular formula is C29H32Cl2N2O4. The number of fused-ring (bicyclic) bond motifs is 1. The standard InChI is InChI=1S/C29H32Cl2N2O4/c1-5-35-26-15-20-16-28(34)33(24-17-22(31)11-12-25(24)37-14-13-32(3)4)29(19-7-9-21(30)10-8-19)23(20)18-27(26)36-6-2/h7-12,15,17-18,29H,5-6,13-14,16H2,1-4H3. The fourth-order valence-corrected chi connectivity index (χ4v) is 4.77. The van der Waals surface area contributed by atoms with Gasteiger partial charge in [0.05, 0.1) is 31.4 Å². The Morgan fingerprint density at radius 2 is 1.51 bits per heavy atom. The largest absolute Gasteiger partial charge is 0.490 e. The van der Waals surface area contributed by atoms with Crippen molar-refractivity contribution in [3.63, 3.8) is 0 Å². The van der Waals surface area contributed by atoms with Crippen molar-refractivity contribution in [2.24, 2.45) is 0 Å². The number of nitrogens with zero attached hydrogens (tertiary/aromatic N) is 2. The van der Waals surface area contributed by atoms with Gasteiger partial charge in [-0.2, -0.15) is 0 Å². The number of hydrogen-bond acceptors (Lipinski definition) is 5. The summed E-state index contributed by atoms with van der Waals surface area (Å²) in [6.07, 6.45) is 0.204. The Labute approximate surface area is 228 Å². The van der Waals surface area contributed by atoms with Crippen molar-refractivity contribution >= 4 is 34.8 Å². The zero-order chi connectivity index (χ0) is 26.5. The van der Waals surface area contributed by atoms with Crippen LogP contribution in [0.25, 0.3) is 0 Å². The Bertz CT molecular complexity index is 1250. The van der Waals surface area contributed by atoms with Crippen molar-refractivity contribution in [2.45, 2.75) is 26.3 Å². The summed E-state index contributed by atoms with van der Waals surface area (Å²) in [5.74, 6) is 1.80. The highest BCUT2D eigenvalue weighted by atomic mass is 35.5. The van der Waals surface area contributed by atoms with Crippen LogP contribution in [0.3, 0.4) is 0 Å². The first-order valence-corrected chi connectivity index (χ1v) is 13.1. The Hall–Kier alpha value is -2.93. The van der Waals surface area contributed by atoms with Crippen molar-refractivity contribution in [1.29, 1.82) is 0 Å². The second kappa shape index (κ2) is 12.1. The maximum atomic E-state index is 13.9. The Kier molecular flexibility index (Phi) is 8.85. The predicted molar refractivity (Wildman–Crippen MR) is 149 cm³/mol. The smallest absolute Gasteiger partial charge is 0.232 e. The molecule has 4 rings (SSSR count). The van der Waals surface area contributed by atoms with Gasteiger partial charge in [-0.25, -0.2) is 0 Å². The van der Waals surface area contributed by atoms with Gasteiger partial charge in [0.1, 0.15) is 12.4 Å².